The van der Waals surface area contributed by atoms with Crippen LogP contribution < -0.4 is 4.74 Å². The van der Waals surface area contributed by atoms with Gasteiger partial charge in [-0.05, 0) is 43.9 Å². The summed E-state index contributed by atoms with van der Waals surface area (Å²) >= 11 is 6.14. The van der Waals surface area contributed by atoms with Crippen LogP contribution >= 0.6 is 11.6 Å². The minimum Gasteiger partial charge on any atom is -0.493 e. The smallest absolute Gasteiger partial charge is 0.123 e. The van der Waals surface area contributed by atoms with E-state index in [1.807, 2.05) is 18.2 Å². The fraction of sp³-hybridized carbons (Fsp3) is 0.684. The second-order valence-corrected chi connectivity index (χ2v) is 8.05. The van der Waals surface area contributed by atoms with Gasteiger partial charge in [0.1, 0.15) is 5.75 Å². The lowest BCUT2D eigenvalue weighted by molar-refractivity contribution is -0.0686. The van der Waals surface area contributed by atoms with Crippen molar-refractivity contribution in [1.82, 2.24) is 4.90 Å². The first-order chi connectivity index (χ1) is 10.8. The summed E-state index contributed by atoms with van der Waals surface area (Å²) in [5, 5.41) is 0.763. The molecule has 0 amide bonds. The van der Waals surface area contributed by atoms with Crippen LogP contribution in [0.4, 0.5) is 0 Å². The molecule has 3 nitrogen and oxygen atoms in total. The number of halogens is 1. The average Bonchev–Trinajstić information content (AvgIpc) is 2.42. The van der Waals surface area contributed by atoms with E-state index in [1.165, 1.54) is 5.56 Å². The maximum atomic E-state index is 6.14. The number of rotatable bonds is 5. The summed E-state index contributed by atoms with van der Waals surface area (Å²) in [7, 11) is 0. The van der Waals surface area contributed by atoms with E-state index in [4.69, 9.17) is 21.1 Å². The third-order valence-electron chi connectivity index (χ3n) is 4.12. The lowest BCUT2D eigenvalue weighted by Gasteiger charge is -2.35. The molecule has 1 fully saturated rings. The molecule has 1 heterocycles. The predicted octanol–water partition coefficient (Wildman–Crippen LogP) is 4.52. The molecule has 1 aliphatic heterocycles. The van der Waals surface area contributed by atoms with E-state index >= 15 is 0 Å². The van der Waals surface area contributed by atoms with E-state index in [-0.39, 0.29) is 5.41 Å². The highest BCUT2D eigenvalue weighted by Gasteiger charge is 2.22. The first kappa shape index (κ1) is 18.6. The minimum absolute atomic E-state index is 0.0231. The van der Waals surface area contributed by atoms with E-state index < -0.39 is 0 Å². The second kappa shape index (κ2) is 7.87. The van der Waals surface area contributed by atoms with Gasteiger partial charge in [0.05, 0.1) is 18.8 Å². The molecule has 1 aromatic carbocycles. The molecule has 1 aliphatic rings. The summed E-state index contributed by atoms with van der Waals surface area (Å²) in [6.07, 6.45) is 1.66. The Bertz CT molecular complexity index is 503. The average molecular weight is 340 g/mol. The van der Waals surface area contributed by atoms with Crippen molar-refractivity contribution in [2.75, 3.05) is 26.2 Å². The molecule has 1 saturated heterocycles. The third-order valence-corrected chi connectivity index (χ3v) is 4.36. The largest absolute Gasteiger partial charge is 0.493 e. The fourth-order valence-corrected chi connectivity index (χ4v) is 3.32. The Balaban J connectivity index is 1.85. The molecule has 2 atom stereocenters. The Morgan fingerprint density at radius 1 is 1.22 bits per heavy atom. The summed E-state index contributed by atoms with van der Waals surface area (Å²) in [5.74, 6) is 0.950. The summed E-state index contributed by atoms with van der Waals surface area (Å²) in [6.45, 7) is 14.6. The van der Waals surface area contributed by atoms with Crippen LogP contribution in [0.5, 0.6) is 5.75 Å². The van der Waals surface area contributed by atoms with Crippen LogP contribution in [0.1, 0.15) is 46.6 Å². The van der Waals surface area contributed by atoms with Crippen molar-refractivity contribution in [3.63, 3.8) is 0 Å². The third kappa shape index (κ3) is 5.66. The Hall–Kier alpha value is -0.770. The quantitative estimate of drug-likeness (QED) is 0.736. The molecular formula is C19H30ClNO2. The van der Waals surface area contributed by atoms with Gasteiger partial charge in [0.15, 0.2) is 0 Å². The Labute approximate surface area is 145 Å². The SMILES string of the molecule is CC1CN(CCCOc2ccc(Cl)cc2C(C)(C)C)CC(C)O1. The minimum atomic E-state index is 0.0231. The zero-order chi connectivity index (χ0) is 17.0. The highest BCUT2D eigenvalue weighted by molar-refractivity contribution is 6.30. The second-order valence-electron chi connectivity index (χ2n) is 7.61. The molecule has 2 unspecified atom stereocenters. The number of morpholine rings is 1. The van der Waals surface area contributed by atoms with Gasteiger partial charge in [0.2, 0.25) is 0 Å². The van der Waals surface area contributed by atoms with Crippen LogP contribution in [0.15, 0.2) is 18.2 Å². The van der Waals surface area contributed by atoms with Gasteiger partial charge in [-0.3, -0.25) is 4.90 Å². The van der Waals surface area contributed by atoms with Crippen LogP contribution in [0.3, 0.4) is 0 Å². The number of ether oxygens (including phenoxy) is 2. The van der Waals surface area contributed by atoms with Crippen molar-refractivity contribution < 1.29 is 9.47 Å². The Kier molecular flexibility index (Phi) is 6.35. The molecule has 0 aromatic heterocycles. The normalized spacial score (nSPS) is 23.0. The first-order valence-electron chi connectivity index (χ1n) is 8.56. The Morgan fingerprint density at radius 2 is 1.87 bits per heavy atom. The molecule has 0 saturated carbocycles. The van der Waals surface area contributed by atoms with E-state index in [2.05, 4.69) is 39.5 Å². The topological polar surface area (TPSA) is 21.7 Å². The molecule has 2 rings (SSSR count). The molecule has 23 heavy (non-hydrogen) atoms. The summed E-state index contributed by atoms with van der Waals surface area (Å²) in [4.78, 5) is 2.47. The van der Waals surface area contributed by atoms with Crippen molar-refractivity contribution in [2.45, 2.75) is 58.7 Å². The van der Waals surface area contributed by atoms with E-state index in [0.29, 0.717) is 12.2 Å². The van der Waals surface area contributed by atoms with Crippen molar-refractivity contribution in [1.29, 1.82) is 0 Å². The van der Waals surface area contributed by atoms with Crippen molar-refractivity contribution >= 4 is 11.6 Å². The number of nitrogens with zero attached hydrogens (tertiary/aromatic N) is 1. The van der Waals surface area contributed by atoms with Gasteiger partial charge >= 0.3 is 0 Å². The van der Waals surface area contributed by atoms with E-state index in [9.17, 15) is 0 Å². The van der Waals surface area contributed by atoms with Gasteiger partial charge in [-0.1, -0.05) is 32.4 Å². The zero-order valence-corrected chi connectivity index (χ0v) is 15.8. The molecule has 130 valence electrons. The number of benzene rings is 1. The number of hydrogen-bond donors (Lipinski definition) is 0. The van der Waals surface area contributed by atoms with Crippen LogP contribution in [0.25, 0.3) is 0 Å². The van der Waals surface area contributed by atoms with Gasteiger partial charge in [-0.2, -0.15) is 0 Å². The lowest BCUT2D eigenvalue weighted by atomic mass is 9.86. The predicted molar refractivity (Wildman–Crippen MR) is 96.7 cm³/mol. The van der Waals surface area contributed by atoms with Gasteiger partial charge in [-0.15, -0.1) is 0 Å². The molecule has 0 radical (unpaired) electrons. The van der Waals surface area contributed by atoms with Gasteiger partial charge in [-0.25, -0.2) is 0 Å². The van der Waals surface area contributed by atoms with Crippen molar-refractivity contribution in [3.8, 4) is 5.75 Å². The van der Waals surface area contributed by atoms with Crippen LogP contribution in [-0.4, -0.2) is 43.3 Å². The van der Waals surface area contributed by atoms with Gasteiger partial charge < -0.3 is 9.47 Å². The molecule has 4 heteroatoms. The van der Waals surface area contributed by atoms with Crippen molar-refractivity contribution in [3.05, 3.63) is 28.8 Å². The molecule has 1 aromatic rings. The molecular weight excluding hydrogens is 310 g/mol. The van der Waals surface area contributed by atoms with Crippen molar-refractivity contribution in [2.24, 2.45) is 0 Å². The van der Waals surface area contributed by atoms with Crippen LogP contribution in [0, 0.1) is 0 Å². The van der Waals surface area contributed by atoms with E-state index in [0.717, 1.165) is 43.4 Å². The maximum absolute atomic E-state index is 6.14. The fourth-order valence-electron chi connectivity index (χ4n) is 3.15. The Morgan fingerprint density at radius 3 is 2.48 bits per heavy atom. The van der Waals surface area contributed by atoms with E-state index in [1.54, 1.807) is 0 Å². The standard InChI is InChI=1S/C19H30ClNO2/c1-14-12-21(13-15(2)23-14)9-6-10-22-18-8-7-16(20)11-17(18)19(3,4)5/h7-8,11,14-15H,6,9-10,12-13H2,1-5H3. The highest BCUT2D eigenvalue weighted by atomic mass is 35.5. The molecule has 0 bridgehead atoms. The number of hydrogen-bond acceptors (Lipinski definition) is 3. The summed E-state index contributed by atoms with van der Waals surface area (Å²) in [6, 6.07) is 5.90. The summed E-state index contributed by atoms with van der Waals surface area (Å²) in [5.41, 5.74) is 1.19. The monoisotopic (exact) mass is 339 g/mol. The van der Waals surface area contributed by atoms with Crippen LogP contribution in [-0.2, 0) is 10.2 Å². The van der Waals surface area contributed by atoms with Gasteiger partial charge in [0, 0.05) is 30.2 Å². The zero-order valence-electron chi connectivity index (χ0n) is 15.1. The first-order valence-corrected chi connectivity index (χ1v) is 8.94. The summed E-state index contributed by atoms with van der Waals surface area (Å²) < 4.78 is 11.8. The maximum Gasteiger partial charge on any atom is 0.123 e. The van der Waals surface area contributed by atoms with Crippen LogP contribution in [0.2, 0.25) is 5.02 Å². The van der Waals surface area contributed by atoms with Gasteiger partial charge in [0.25, 0.3) is 0 Å². The lowest BCUT2D eigenvalue weighted by Crippen LogP contribution is -2.45. The molecule has 0 N–H and O–H groups in total. The highest BCUT2D eigenvalue weighted by Crippen LogP contribution is 2.33. The molecule has 0 spiro atoms. The molecule has 0 aliphatic carbocycles.